The number of nitrogens with one attached hydrogen (secondary N) is 4. The van der Waals surface area contributed by atoms with E-state index in [1.54, 1.807) is 18.3 Å². The molecule has 1 aliphatic heterocycles. The van der Waals surface area contributed by atoms with Crippen molar-refractivity contribution in [2.75, 3.05) is 11.9 Å². The van der Waals surface area contributed by atoms with E-state index in [0.717, 1.165) is 37.7 Å². The first kappa shape index (κ1) is 23.2. The molecule has 5 aliphatic rings. The Balaban J connectivity index is 1.08. The first-order valence-electron chi connectivity index (χ1n) is 13.0. The number of fused-ring (bicyclic) bond motifs is 2. The third-order valence-electron chi connectivity index (χ3n) is 8.46. The number of H-pyrrole nitrogens is 1. The second-order valence-corrected chi connectivity index (χ2v) is 11.4. The Morgan fingerprint density at radius 1 is 1.13 bits per heavy atom. The molecular weight excluding hydrogens is 488 g/mol. The van der Waals surface area contributed by atoms with Crippen LogP contribution in [0.2, 0.25) is 0 Å². The predicted octanol–water partition coefficient (Wildman–Crippen LogP) is 2.03. The predicted molar refractivity (Wildman–Crippen MR) is 135 cm³/mol. The summed E-state index contributed by atoms with van der Waals surface area (Å²) in [6.07, 6.45) is 7.99. The number of ether oxygens (including phenoxy) is 1. The molecule has 0 saturated heterocycles. The van der Waals surface area contributed by atoms with Crippen molar-refractivity contribution < 1.29 is 24.2 Å². The van der Waals surface area contributed by atoms with Gasteiger partial charge in [-0.2, -0.15) is 0 Å². The summed E-state index contributed by atoms with van der Waals surface area (Å²) in [5, 5.41) is 19.9. The number of amides is 3. The zero-order valence-corrected chi connectivity index (χ0v) is 20.7. The number of rotatable bonds is 5. The molecule has 4 saturated carbocycles. The van der Waals surface area contributed by atoms with Crippen molar-refractivity contribution in [3.63, 3.8) is 0 Å². The quantitative estimate of drug-likeness (QED) is 0.347. The zero-order valence-electron chi connectivity index (χ0n) is 20.7. The van der Waals surface area contributed by atoms with Gasteiger partial charge in [-0.05, 0) is 68.1 Å². The Kier molecular flexibility index (Phi) is 5.03. The summed E-state index contributed by atoms with van der Waals surface area (Å²) in [4.78, 5) is 49.5. The Morgan fingerprint density at radius 3 is 2.74 bits per heavy atom. The molecule has 5 N–H and O–H groups in total. The monoisotopic (exact) mass is 516 g/mol. The van der Waals surface area contributed by atoms with Crippen molar-refractivity contribution in [3.05, 3.63) is 47.5 Å². The molecule has 38 heavy (non-hydrogen) atoms. The van der Waals surface area contributed by atoms with Gasteiger partial charge in [-0.25, -0.2) is 9.97 Å². The molecule has 4 bridgehead atoms. The van der Waals surface area contributed by atoms with E-state index in [1.165, 1.54) is 6.33 Å². The largest absolute Gasteiger partial charge is 0.482 e. The van der Waals surface area contributed by atoms with Gasteiger partial charge in [-0.1, -0.05) is 6.07 Å². The number of benzene rings is 1. The first-order chi connectivity index (χ1) is 18.3. The van der Waals surface area contributed by atoms with Gasteiger partial charge in [0, 0.05) is 18.3 Å². The molecule has 2 unspecified atom stereocenters. The normalized spacial score (nSPS) is 28.9. The molecule has 11 nitrogen and oxygen atoms in total. The van der Waals surface area contributed by atoms with Crippen molar-refractivity contribution in [3.8, 4) is 5.75 Å². The number of aliphatic hydroxyl groups is 1. The molecule has 4 aliphatic carbocycles. The van der Waals surface area contributed by atoms with Gasteiger partial charge in [0.1, 0.15) is 17.6 Å². The maximum Gasteiger partial charge on any atom is 0.272 e. The van der Waals surface area contributed by atoms with Crippen LogP contribution in [0.1, 0.15) is 64.9 Å². The molecule has 0 radical (unpaired) electrons. The fourth-order valence-electron chi connectivity index (χ4n) is 7.46. The first-order valence-corrected chi connectivity index (χ1v) is 13.0. The standard InChI is InChI=1S/C27H28N6O5/c34-20-11-38-19-2-1-14(4-18(19)32-20)9-29-25(36)23-22-21(30-13-31-23)17(10-28-22)24(35)33-26-5-15-3-16(6-26)8-27(37,7-15)12-26/h1-2,4,10,13,15-16,28,37H,3,5-9,11-12H2,(H,29,36)(H,32,34)(H,33,35). The number of aromatic amines is 1. The van der Waals surface area contributed by atoms with Crippen molar-refractivity contribution in [1.82, 2.24) is 25.6 Å². The lowest BCUT2D eigenvalue weighted by Gasteiger charge is -2.60. The fraction of sp³-hybridized carbons (Fsp3) is 0.444. The zero-order chi connectivity index (χ0) is 26.1. The Labute approximate surface area is 217 Å². The molecule has 196 valence electrons. The van der Waals surface area contributed by atoms with E-state index in [2.05, 4.69) is 30.9 Å². The van der Waals surface area contributed by atoms with Gasteiger partial charge in [0.15, 0.2) is 12.3 Å². The van der Waals surface area contributed by atoms with Gasteiger partial charge in [0.25, 0.3) is 17.7 Å². The van der Waals surface area contributed by atoms with Crippen LogP contribution in [0, 0.1) is 11.8 Å². The SMILES string of the molecule is O=C1COc2ccc(CNC(=O)c3ncnc4c(C(=O)NC56CC7CC(CC(O)(C7)C5)C6)c[nH]c34)cc2N1. The third-order valence-corrected chi connectivity index (χ3v) is 8.46. The van der Waals surface area contributed by atoms with Gasteiger partial charge in [0.2, 0.25) is 0 Å². The number of hydrogen-bond acceptors (Lipinski definition) is 7. The Hall–Kier alpha value is -3.99. The molecule has 11 heteroatoms. The summed E-state index contributed by atoms with van der Waals surface area (Å²) in [5.74, 6) is 0.560. The molecule has 8 rings (SSSR count). The Bertz CT molecular complexity index is 1480. The summed E-state index contributed by atoms with van der Waals surface area (Å²) in [6, 6.07) is 5.31. The van der Waals surface area contributed by atoms with Crippen LogP contribution in [0.15, 0.2) is 30.7 Å². The highest BCUT2D eigenvalue weighted by Crippen LogP contribution is 2.57. The number of hydrogen-bond donors (Lipinski definition) is 5. The molecule has 3 amide bonds. The summed E-state index contributed by atoms with van der Waals surface area (Å²) in [5.41, 5.74) is 1.50. The highest BCUT2D eigenvalue weighted by atomic mass is 16.5. The van der Waals surface area contributed by atoms with Crippen LogP contribution >= 0.6 is 0 Å². The lowest BCUT2D eigenvalue weighted by Crippen LogP contribution is -2.65. The second kappa shape index (κ2) is 8.26. The van der Waals surface area contributed by atoms with E-state index in [-0.39, 0.29) is 30.7 Å². The lowest BCUT2D eigenvalue weighted by molar-refractivity contribution is -0.139. The molecule has 0 spiro atoms. The van der Waals surface area contributed by atoms with Crippen molar-refractivity contribution >= 4 is 34.4 Å². The molecule has 4 fully saturated rings. The van der Waals surface area contributed by atoms with Gasteiger partial charge in [-0.15, -0.1) is 0 Å². The van der Waals surface area contributed by atoms with Crippen LogP contribution in [-0.4, -0.2) is 55.5 Å². The molecule has 1 aromatic carbocycles. The number of carbonyl (C=O) groups excluding carboxylic acids is 3. The van der Waals surface area contributed by atoms with Gasteiger partial charge >= 0.3 is 0 Å². The summed E-state index contributed by atoms with van der Waals surface area (Å²) in [6.45, 7) is 0.183. The van der Waals surface area contributed by atoms with E-state index in [0.29, 0.717) is 46.3 Å². The fourth-order valence-corrected chi connectivity index (χ4v) is 7.46. The molecule has 2 aromatic heterocycles. The highest BCUT2D eigenvalue weighted by Gasteiger charge is 2.57. The third kappa shape index (κ3) is 3.89. The molecular formula is C27H28N6O5. The molecule has 3 heterocycles. The van der Waals surface area contributed by atoms with E-state index in [1.807, 2.05) is 6.07 Å². The summed E-state index contributed by atoms with van der Waals surface area (Å²) in [7, 11) is 0. The van der Waals surface area contributed by atoms with Crippen LogP contribution in [-0.2, 0) is 11.3 Å². The van der Waals surface area contributed by atoms with Gasteiger partial charge in [-0.3, -0.25) is 14.4 Å². The van der Waals surface area contributed by atoms with E-state index >= 15 is 0 Å². The number of anilines is 1. The lowest BCUT2D eigenvalue weighted by atomic mass is 9.51. The highest BCUT2D eigenvalue weighted by molar-refractivity contribution is 6.10. The van der Waals surface area contributed by atoms with Crippen LogP contribution in [0.3, 0.4) is 0 Å². The minimum Gasteiger partial charge on any atom is -0.482 e. The minimum absolute atomic E-state index is 0.0206. The van der Waals surface area contributed by atoms with Crippen LogP contribution < -0.4 is 20.7 Å². The van der Waals surface area contributed by atoms with Crippen LogP contribution in [0.25, 0.3) is 11.0 Å². The number of nitrogens with zero attached hydrogens (tertiary/aromatic N) is 2. The van der Waals surface area contributed by atoms with E-state index < -0.39 is 17.0 Å². The van der Waals surface area contributed by atoms with Crippen LogP contribution in [0.5, 0.6) is 5.75 Å². The second-order valence-electron chi connectivity index (χ2n) is 11.4. The van der Waals surface area contributed by atoms with E-state index in [9.17, 15) is 19.5 Å². The molecule has 3 aromatic rings. The summed E-state index contributed by atoms with van der Waals surface area (Å²) < 4.78 is 5.37. The average molecular weight is 517 g/mol. The summed E-state index contributed by atoms with van der Waals surface area (Å²) >= 11 is 0. The number of aromatic nitrogens is 3. The van der Waals surface area contributed by atoms with Crippen LogP contribution in [0.4, 0.5) is 5.69 Å². The maximum absolute atomic E-state index is 13.4. The van der Waals surface area contributed by atoms with Crippen molar-refractivity contribution in [2.45, 2.75) is 56.2 Å². The Morgan fingerprint density at radius 2 is 1.95 bits per heavy atom. The smallest absolute Gasteiger partial charge is 0.272 e. The van der Waals surface area contributed by atoms with Crippen molar-refractivity contribution in [1.29, 1.82) is 0 Å². The molecule has 2 atom stereocenters. The van der Waals surface area contributed by atoms with E-state index in [4.69, 9.17) is 4.74 Å². The topological polar surface area (TPSA) is 158 Å². The minimum atomic E-state index is -0.679. The average Bonchev–Trinajstić information content (AvgIpc) is 3.30. The van der Waals surface area contributed by atoms with Gasteiger partial charge < -0.3 is 30.8 Å². The van der Waals surface area contributed by atoms with Crippen molar-refractivity contribution in [2.24, 2.45) is 11.8 Å². The number of carbonyl (C=O) groups is 3. The van der Waals surface area contributed by atoms with Gasteiger partial charge in [0.05, 0.1) is 22.4 Å². The maximum atomic E-state index is 13.4.